The van der Waals surface area contributed by atoms with Crippen molar-refractivity contribution in [2.45, 2.75) is 73.1 Å². The Morgan fingerprint density at radius 3 is 2.47 bits per heavy atom. The molecule has 184 valence electrons. The summed E-state index contributed by atoms with van der Waals surface area (Å²) in [7, 11) is 0. The number of pyridine rings is 1. The lowest BCUT2D eigenvalue weighted by atomic mass is 10.0. The van der Waals surface area contributed by atoms with E-state index in [2.05, 4.69) is 17.9 Å². The maximum absolute atomic E-state index is 13.4. The number of thioether (sulfide) groups is 1. The fourth-order valence-corrected chi connectivity index (χ4v) is 5.77. The van der Waals surface area contributed by atoms with Crippen molar-refractivity contribution < 1.29 is 9.53 Å². The average molecular weight is 503 g/mol. The summed E-state index contributed by atoms with van der Waals surface area (Å²) >= 11 is 6.78. The Hall–Kier alpha value is -2.15. The van der Waals surface area contributed by atoms with Gasteiger partial charge in [0.2, 0.25) is 0 Å². The number of ether oxygens (including phenoxy) is 1. The molecule has 0 aromatic carbocycles. The second-order valence-electron chi connectivity index (χ2n) is 9.51. The first kappa shape index (κ1) is 26.5. The Morgan fingerprint density at radius 2 is 1.91 bits per heavy atom. The summed E-state index contributed by atoms with van der Waals surface area (Å²) in [5.41, 5.74) is 1.17. The fourth-order valence-electron chi connectivity index (χ4n) is 4.51. The van der Waals surface area contributed by atoms with Crippen molar-refractivity contribution in [1.29, 1.82) is 5.26 Å². The Bertz CT molecular complexity index is 1090. The van der Waals surface area contributed by atoms with Gasteiger partial charge in [-0.3, -0.25) is 19.1 Å². The van der Waals surface area contributed by atoms with Crippen LogP contribution in [-0.4, -0.2) is 51.5 Å². The van der Waals surface area contributed by atoms with Crippen LogP contribution in [0.2, 0.25) is 0 Å². The minimum Gasteiger partial charge on any atom is -0.372 e. The summed E-state index contributed by atoms with van der Waals surface area (Å²) in [6.07, 6.45) is 3.54. The molecule has 9 heteroatoms. The molecule has 0 N–H and O–H groups in total. The summed E-state index contributed by atoms with van der Waals surface area (Å²) in [4.78, 5) is 30.9. The molecule has 2 saturated heterocycles. The third-order valence-electron chi connectivity index (χ3n) is 6.00. The first-order valence-corrected chi connectivity index (χ1v) is 13.1. The average Bonchev–Trinajstić information content (AvgIpc) is 3.01. The van der Waals surface area contributed by atoms with Crippen molar-refractivity contribution in [3.63, 3.8) is 0 Å². The lowest BCUT2D eigenvalue weighted by molar-refractivity contribution is -0.122. The van der Waals surface area contributed by atoms with E-state index in [9.17, 15) is 14.9 Å². The molecule has 0 spiro atoms. The molecule has 1 aromatic heterocycles. The summed E-state index contributed by atoms with van der Waals surface area (Å²) in [6.45, 7) is 14.3. The summed E-state index contributed by atoms with van der Waals surface area (Å²) in [5, 5.41) is 9.84. The van der Waals surface area contributed by atoms with Crippen molar-refractivity contribution in [3.8, 4) is 6.07 Å². The van der Waals surface area contributed by atoms with Gasteiger partial charge in [-0.1, -0.05) is 51.2 Å². The number of rotatable bonds is 7. The molecule has 1 amide bonds. The van der Waals surface area contributed by atoms with Gasteiger partial charge in [-0.15, -0.1) is 0 Å². The number of aromatic nitrogens is 1. The molecule has 2 aliphatic rings. The molecule has 34 heavy (non-hydrogen) atoms. The number of amides is 1. The molecule has 2 fully saturated rings. The van der Waals surface area contributed by atoms with Crippen LogP contribution in [0.4, 0.5) is 5.82 Å². The van der Waals surface area contributed by atoms with Crippen LogP contribution < -0.4 is 10.5 Å². The van der Waals surface area contributed by atoms with E-state index >= 15 is 0 Å². The van der Waals surface area contributed by atoms with Crippen LogP contribution in [0.5, 0.6) is 0 Å². The second-order valence-corrected chi connectivity index (χ2v) is 11.2. The van der Waals surface area contributed by atoms with Crippen LogP contribution in [0.15, 0.2) is 9.70 Å². The first-order valence-electron chi connectivity index (χ1n) is 11.9. The lowest BCUT2D eigenvalue weighted by Gasteiger charge is -2.39. The molecule has 0 aliphatic carbocycles. The van der Waals surface area contributed by atoms with E-state index in [0.717, 1.165) is 24.2 Å². The Kier molecular flexibility index (Phi) is 8.61. The summed E-state index contributed by atoms with van der Waals surface area (Å²) in [5.74, 6) is 0.922. The topological polar surface area (TPSA) is 78.6 Å². The zero-order valence-electron chi connectivity index (χ0n) is 20.9. The Labute approximate surface area is 211 Å². The van der Waals surface area contributed by atoms with Gasteiger partial charge in [-0.25, -0.2) is 0 Å². The van der Waals surface area contributed by atoms with Crippen LogP contribution in [0.1, 0.15) is 64.2 Å². The van der Waals surface area contributed by atoms with E-state index in [4.69, 9.17) is 17.0 Å². The minimum atomic E-state index is -0.278. The van der Waals surface area contributed by atoms with Gasteiger partial charge < -0.3 is 9.64 Å². The van der Waals surface area contributed by atoms with Gasteiger partial charge in [0, 0.05) is 31.7 Å². The van der Waals surface area contributed by atoms with Crippen LogP contribution in [0.3, 0.4) is 0 Å². The van der Waals surface area contributed by atoms with E-state index in [-0.39, 0.29) is 35.2 Å². The van der Waals surface area contributed by atoms with Crippen molar-refractivity contribution in [3.05, 3.63) is 31.9 Å². The molecule has 2 atom stereocenters. The molecule has 2 unspecified atom stereocenters. The van der Waals surface area contributed by atoms with Crippen molar-refractivity contribution >= 4 is 46.1 Å². The predicted octanol–water partition coefficient (Wildman–Crippen LogP) is 4.30. The van der Waals surface area contributed by atoms with E-state index in [1.165, 1.54) is 11.8 Å². The number of thiocarbonyl (C=S) groups is 1. The molecule has 2 aliphatic heterocycles. The third-order valence-corrected chi connectivity index (χ3v) is 7.38. The number of hydrogen-bond donors (Lipinski definition) is 0. The monoisotopic (exact) mass is 502 g/mol. The standard InChI is InChI=1S/C25H34N4O3S2/c1-7-8-9-28-22(27-13-16(4)32-17(5)14-27)19(18(6)20(11-26)23(28)30)10-21-24(31)29(12-15(2)3)25(33)34-21/h10,15-17H,7-9,12-14H2,1-6H3/b21-10+. The Morgan fingerprint density at radius 1 is 1.26 bits per heavy atom. The van der Waals surface area contributed by atoms with Crippen LogP contribution in [-0.2, 0) is 16.1 Å². The summed E-state index contributed by atoms with van der Waals surface area (Å²) < 4.78 is 8.20. The normalized spacial score (nSPS) is 22.2. The maximum atomic E-state index is 13.4. The zero-order valence-corrected chi connectivity index (χ0v) is 22.5. The number of carbonyl (C=O) groups excluding carboxylic acids is 1. The van der Waals surface area contributed by atoms with E-state index < -0.39 is 0 Å². The highest BCUT2D eigenvalue weighted by Crippen LogP contribution is 2.36. The number of anilines is 1. The van der Waals surface area contributed by atoms with Crippen molar-refractivity contribution in [2.24, 2.45) is 5.92 Å². The molecule has 0 radical (unpaired) electrons. The van der Waals surface area contributed by atoms with Gasteiger partial charge in [-0.05, 0) is 44.7 Å². The SMILES string of the molecule is CCCCn1c(N2CC(C)OC(C)C2)c(/C=C2/SC(=S)N(CC(C)C)C2=O)c(C)c(C#N)c1=O. The smallest absolute Gasteiger partial charge is 0.270 e. The van der Waals surface area contributed by atoms with Gasteiger partial charge >= 0.3 is 0 Å². The van der Waals surface area contributed by atoms with Crippen LogP contribution in [0, 0.1) is 24.2 Å². The summed E-state index contributed by atoms with van der Waals surface area (Å²) in [6, 6.07) is 2.11. The molecule has 3 rings (SSSR count). The highest BCUT2D eigenvalue weighted by molar-refractivity contribution is 8.26. The molecular weight excluding hydrogens is 468 g/mol. The van der Waals surface area contributed by atoms with E-state index in [0.29, 0.717) is 41.0 Å². The maximum Gasteiger partial charge on any atom is 0.270 e. The van der Waals surface area contributed by atoms with Crippen molar-refractivity contribution in [2.75, 3.05) is 24.5 Å². The number of nitriles is 1. The molecular formula is C25H34N4O3S2. The highest BCUT2D eigenvalue weighted by Gasteiger charge is 2.34. The predicted molar refractivity (Wildman–Crippen MR) is 142 cm³/mol. The molecule has 0 saturated carbocycles. The van der Waals surface area contributed by atoms with Gasteiger partial charge in [0.15, 0.2) is 0 Å². The first-order chi connectivity index (χ1) is 16.1. The number of hydrogen-bond acceptors (Lipinski definition) is 7. The second kappa shape index (κ2) is 11.1. The van der Waals surface area contributed by atoms with Gasteiger partial charge in [0.05, 0.1) is 17.1 Å². The number of nitrogens with zero attached hydrogens (tertiary/aromatic N) is 4. The molecule has 0 bridgehead atoms. The zero-order chi connectivity index (χ0) is 25.2. The largest absolute Gasteiger partial charge is 0.372 e. The van der Waals surface area contributed by atoms with Gasteiger partial charge in [0.25, 0.3) is 11.5 Å². The molecule has 1 aromatic rings. The number of morpholine rings is 1. The lowest BCUT2D eigenvalue weighted by Crippen LogP contribution is -2.48. The number of unbranched alkanes of at least 4 members (excludes halogenated alkanes) is 1. The Balaban J connectivity index is 2.24. The van der Waals surface area contributed by atoms with E-state index in [1.54, 1.807) is 16.4 Å². The fraction of sp³-hybridized carbons (Fsp3) is 0.600. The minimum absolute atomic E-state index is 0.00784. The van der Waals surface area contributed by atoms with Gasteiger partial charge in [0.1, 0.15) is 21.8 Å². The van der Waals surface area contributed by atoms with Crippen LogP contribution in [0.25, 0.3) is 6.08 Å². The molecule has 7 nitrogen and oxygen atoms in total. The molecule has 3 heterocycles. The number of carbonyl (C=O) groups is 1. The van der Waals surface area contributed by atoms with Crippen molar-refractivity contribution in [1.82, 2.24) is 9.47 Å². The quantitative estimate of drug-likeness (QED) is 0.406. The van der Waals surface area contributed by atoms with Crippen LogP contribution >= 0.6 is 24.0 Å². The highest BCUT2D eigenvalue weighted by atomic mass is 32.2. The van der Waals surface area contributed by atoms with E-state index in [1.807, 2.05) is 33.8 Å². The van der Waals surface area contributed by atoms with Gasteiger partial charge in [-0.2, -0.15) is 5.26 Å². The third kappa shape index (κ3) is 5.40.